The first-order valence-corrected chi connectivity index (χ1v) is 10.9. The zero-order valence-corrected chi connectivity index (χ0v) is 17.9. The summed E-state index contributed by atoms with van der Waals surface area (Å²) in [5.41, 5.74) is 12.2. The Morgan fingerprint density at radius 2 is 1.23 bits per heavy atom. The van der Waals surface area contributed by atoms with Gasteiger partial charge >= 0.3 is 0 Å². The Kier molecular flexibility index (Phi) is 4.86. The first-order valence-electron chi connectivity index (χ1n) is 10.9. The molecule has 2 unspecified atom stereocenters. The van der Waals surface area contributed by atoms with Crippen LogP contribution in [0.15, 0.2) is 82.3 Å². The molecule has 2 aliphatic heterocycles. The Labute approximate surface area is 179 Å². The number of nitrogens with zero attached hydrogens (tertiary/aromatic N) is 2. The average molecular weight is 393 g/mol. The predicted octanol–water partition coefficient (Wildman–Crippen LogP) is 6.80. The molecule has 0 saturated heterocycles. The van der Waals surface area contributed by atoms with Crippen LogP contribution >= 0.6 is 0 Å². The van der Waals surface area contributed by atoms with Crippen LogP contribution in [-0.4, -0.2) is 23.5 Å². The van der Waals surface area contributed by atoms with Crippen LogP contribution in [0.5, 0.6) is 0 Å². The number of aliphatic imine (C=N–C) groups is 2. The lowest BCUT2D eigenvalue weighted by Gasteiger charge is -2.39. The summed E-state index contributed by atoms with van der Waals surface area (Å²) in [6.45, 7) is 8.23. The summed E-state index contributed by atoms with van der Waals surface area (Å²) >= 11 is 0. The van der Waals surface area contributed by atoms with Crippen LogP contribution < -0.4 is 0 Å². The zero-order chi connectivity index (χ0) is 20.7. The summed E-state index contributed by atoms with van der Waals surface area (Å²) in [5, 5.41) is 0. The van der Waals surface area contributed by atoms with Gasteiger partial charge in [-0.3, -0.25) is 9.98 Å². The molecule has 1 fully saturated rings. The molecule has 3 aliphatic rings. The summed E-state index contributed by atoms with van der Waals surface area (Å²) in [4.78, 5) is 10.3. The van der Waals surface area contributed by atoms with Crippen molar-refractivity contribution in [2.24, 2.45) is 9.98 Å². The maximum absolute atomic E-state index is 5.16. The number of allylic oxidation sites excluding steroid dienone is 2. The Hall–Kier alpha value is -3.00. The van der Waals surface area contributed by atoms with E-state index in [2.05, 4.69) is 75.0 Å². The second kappa shape index (κ2) is 7.68. The molecule has 30 heavy (non-hydrogen) atoms. The van der Waals surface area contributed by atoms with Gasteiger partial charge in [-0.05, 0) is 65.7 Å². The SMILES string of the molecule is C=Cc1ccc(C2=C3CCC4=C(c5ccccc5)CC(C)=NC4C3N=C(C)C2)cc1. The van der Waals surface area contributed by atoms with Gasteiger partial charge in [-0.15, -0.1) is 0 Å². The largest absolute Gasteiger partial charge is 0.284 e. The highest BCUT2D eigenvalue weighted by atomic mass is 14.9. The van der Waals surface area contributed by atoms with Crippen molar-refractivity contribution < 1.29 is 0 Å². The summed E-state index contributed by atoms with van der Waals surface area (Å²) in [5.74, 6) is 0. The number of dihydropyridines is 2. The van der Waals surface area contributed by atoms with Gasteiger partial charge in [0.1, 0.15) is 0 Å². The summed E-state index contributed by atoms with van der Waals surface area (Å²) in [6.07, 6.45) is 5.97. The number of hydrogen-bond acceptors (Lipinski definition) is 2. The lowest BCUT2D eigenvalue weighted by atomic mass is 9.72. The molecule has 0 N–H and O–H groups in total. The molecule has 1 saturated carbocycles. The van der Waals surface area contributed by atoms with Crippen LogP contribution in [0.25, 0.3) is 17.2 Å². The summed E-state index contributed by atoms with van der Waals surface area (Å²) in [6, 6.07) is 20.0. The second-order valence-electron chi connectivity index (χ2n) is 8.67. The van der Waals surface area contributed by atoms with Gasteiger partial charge in [0.05, 0.1) is 12.1 Å². The number of fused-ring (bicyclic) bond motifs is 3. The Balaban J connectivity index is 1.60. The first kappa shape index (κ1) is 19.0. The van der Waals surface area contributed by atoms with Crippen molar-refractivity contribution in [3.63, 3.8) is 0 Å². The monoisotopic (exact) mass is 392 g/mol. The van der Waals surface area contributed by atoms with Gasteiger partial charge in [-0.1, -0.05) is 67.3 Å². The number of benzene rings is 2. The highest BCUT2D eigenvalue weighted by Crippen LogP contribution is 2.45. The highest BCUT2D eigenvalue weighted by molar-refractivity contribution is 5.98. The van der Waals surface area contributed by atoms with Crippen molar-refractivity contribution >= 4 is 28.6 Å². The Bertz CT molecular complexity index is 1110. The lowest BCUT2D eigenvalue weighted by Crippen LogP contribution is -2.37. The van der Waals surface area contributed by atoms with Gasteiger partial charge in [0.25, 0.3) is 0 Å². The third kappa shape index (κ3) is 3.31. The maximum atomic E-state index is 5.16. The molecule has 0 radical (unpaired) electrons. The molecule has 2 atom stereocenters. The molecule has 2 nitrogen and oxygen atoms in total. The quantitative estimate of drug-likeness (QED) is 0.549. The van der Waals surface area contributed by atoms with E-state index in [1.165, 1.54) is 44.8 Å². The van der Waals surface area contributed by atoms with Crippen molar-refractivity contribution in [3.05, 3.63) is 89.0 Å². The van der Waals surface area contributed by atoms with Gasteiger partial charge in [-0.2, -0.15) is 0 Å². The van der Waals surface area contributed by atoms with Crippen LogP contribution in [0.4, 0.5) is 0 Å². The van der Waals surface area contributed by atoms with Crippen LogP contribution in [-0.2, 0) is 0 Å². The Morgan fingerprint density at radius 1 is 0.733 bits per heavy atom. The normalized spacial score (nSPS) is 23.4. The molecule has 0 spiro atoms. The molecule has 2 aromatic carbocycles. The standard InChI is InChI=1S/C28H28N2/c1-4-20-10-12-22(13-11-20)26-17-19(3)30-28-24(26)15-14-23-25(16-18(2)29-27(23)28)21-8-6-5-7-9-21/h4-13,27-28H,1,14-17H2,2-3H3. The van der Waals surface area contributed by atoms with E-state index in [0.29, 0.717) is 0 Å². The van der Waals surface area contributed by atoms with E-state index in [1.54, 1.807) is 0 Å². The maximum Gasteiger partial charge on any atom is 0.0976 e. The third-order valence-corrected chi connectivity index (χ3v) is 6.65. The van der Waals surface area contributed by atoms with Gasteiger partial charge in [0.15, 0.2) is 0 Å². The van der Waals surface area contributed by atoms with Crippen molar-refractivity contribution in [1.29, 1.82) is 0 Å². The number of rotatable bonds is 3. The van der Waals surface area contributed by atoms with E-state index in [-0.39, 0.29) is 12.1 Å². The predicted molar refractivity (Wildman–Crippen MR) is 129 cm³/mol. The molecule has 2 aromatic rings. The molecule has 1 aliphatic carbocycles. The highest BCUT2D eigenvalue weighted by Gasteiger charge is 2.39. The van der Waals surface area contributed by atoms with Crippen molar-refractivity contribution in [1.82, 2.24) is 0 Å². The van der Waals surface area contributed by atoms with Crippen molar-refractivity contribution in [2.75, 3.05) is 0 Å². The molecule has 150 valence electrons. The van der Waals surface area contributed by atoms with Crippen LogP contribution in [0.1, 0.15) is 56.2 Å². The minimum atomic E-state index is 0.144. The van der Waals surface area contributed by atoms with Crippen LogP contribution in [0.2, 0.25) is 0 Å². The molecule has 0 amide bonds. The van der Waals surface area contributed by atoms with Crippen molar-refractivity contribution in [2.45, 2.75) is 51.6 Å². The van der Waals surface area contributed by atoms with E-state index < -0.39 is 0 Å². The Morgan fingerprint density at radius 3 is 1.73 bits per heavy atom. The second-order valence-corrected chi connectivity index (χ2v) is 8.67. The van der Waals surface area contributed by atoms with E-state index in [0.717, 1.165) is 31.2 Å². The summed E-state index contributed by atoms with van der Waals surface area (Å²) < 4.78 is 0. The van der Waals surface area contributed by atoms with E-state index in [4.69, 9.17) is 9.98 Å². The van der Waals surface area contributed by atoms with E-state index in [1.807, 2.05) is 6.08 Å². The third-order valence-electron chi connectivity index (χ3n) is 6.65. The molecule has 0 bridgehead atoms. The van der Waals surface area contributed by atoms with Crippen LogP contribution in [0, 0.1) is 0 Å². The van der Waals surface area contributed by atoms with E-state index in [9.17, 15) is 0 Å². The fraction of sp³-hybridized carbons (Fsp3) is 0.286. The van der Waals surface area contributed by atoms with Gasteiger partial charge in [0, 0.05) is 24.3 Å². The summed E-state index contributed by atoms with van der Waals surface area (Å²) in [7, 11) is 0. The fourth-order valence-electron chi connectivity index (χ4n) is 5.24. The van der Waals surface area contributed by atoms with Gasteiger partial charge in [-0.25, -0.2) is 0 Å². The lowest BCUT2D eigenvalue weighted by molar-refractivity contribution is 0.554. The van der Waals surface area contributed by atoms with E-state index >= 15 is 0 Å². The molecular formula is C28H28N2. The topological polar surface area (TPSA) is 24.7 Å². The zero-order valence-electron chi connectivity index (χ0n) is 17.9. The minimum absolute atomic E-state index is 0.144. The fourth-order valence-corrected chi connectivity index (χ4v) is 5.24. The average Bonchev–Trinajstić information content (AvgIpc) is 2.78. The molecular weight excluding hydrogens is 364 g/mol. The van der Waals surface area contributed by atoms with Gasteiger partial charge in [0.2, 0.25) is 0 Å². The number of hydrogen-bond donors (Lipinski definition) is 0. The van der Waals surface area contributed by atoms with Crippen LogP contribution in [0.3, 0.4) is 0 Å². The molecule has 2 heteroatoms. The molecule has 2 heterocycles. The van der Waals surface area contributed by atoms with Gasteiger partial charge < -0.3 is 0 Å². The molecule has 0 aromatic heterocycles. The minimum Gasteiger partial charge on any atom is -0.284 e. The smallest absolute Gasteiger partial charge is 0.0976 e. The molecule has 5 rings (SSSR count). The van der Waals surface area contributed by atoms with Crippen molar-refractivity contribution in [3.8, 4) is 0 Å². The first-order chi connectivity index (χ1) is 14.6.